The SMILES string of the molecule is Cc1c(Br)cccc1C[C@@H](C)NC[C@H](C)CF. The van der Waals surface area contributed by atoms with Crippen molar-refractivity contribution < 1.29 is 4.39 Å². The molecule has 0 unspecified atom stereocenters. The molecule has 0 saturated heterocycles. The third-order valence-corrected chi connectivity index (χ3v) is 3.84. The average molecular weight is 302 g/mol. The van der Waals surface area contributed by atoms with E-state index in [0.29, 0.717) is 6.04 Å². The first-order valence-corrected chi connectivity index (χ1v) is 6.87. The van der Waals surface area contributed by atoms with Crippen LogP contribution in [0.15, 0.2) is 22.7 Å². The van der Waals surface area contributed by atoms with Crippen LogP contribution in [0.1, 0.15) is 25.0 Å². The molecule has 96 valence electrons. The molecule has 1 rings (SSSR count). The zero-order valence-electron chi connectivity index (χ0n) is 10.8. The fourth-order valence-electron chi connectivity index (χ4n) is 1.73. The first kappa shape index (κ1) is 14.7. The second kappa shape index (κ2) is 7.12. The lowest BCUT2D eigenvalue weighted by atomic mass is 10.0. The molecule has 0 saturated carbocycles. The summed E-state index contributed by atoms with van der Waals surface area (Å²) in [6.07, 6.45) is 0.976. The highest BCUT2D eigenvalue weighted by atomic mass is 79.9. The van der Waals surface area contributed by atoms with Crippen LogP contribution in [0, 0.1) is 12.8 Å². The highest BCUT2D eigenvalue weighted by molar-refractivity contribution is 9.10. The van der Waals surface area contributed by atoms with E-state index in [2.05, 4.69) is 53.3 Å². The van der Waals surface area contributed by atoms with Crippen molar-refractivity contribution in [1.29, 1.82) is 0 Å². The molecule has 17 heavy (non-hydrogen) atoms. The predicted molar refractivity (Wildman–Crippen MR) is 75.2 cm³/mol. The molecule has 1 nitrogen and oxygen atoms in total. The van der Waals surface area contributed by atoms with Crippen molar-refractivity contribution in [3.05, 3.63) is 33.8 Å². The molecule has 0 fully saturated rings. The maximum absolute atomic E-state index is 12.3. The Balaban J connectivity index is 2.50. The number of rotatable bonds is 6. The van der Waals surface area contributed by atoms with Crippen LogP contribution in [0.4, 0.5) is 4.39 Å². The van der Waals surface area contributed by atoms with Crippen molar-refractivity contribution in [3.63, 3.8) is 0 Å². The van der Waals surface area contributed by atoms with Gasteiger partial charge in [-0.3, -0.25) is 4.39 Å². The highest BCUT2D eigenvalue weighted by Gasteiger charge is 2.08. The molecule has 0 aliphatic heterocycles. The molecule has 0 aromatic heterocycles. The predicted octanol–water partition coefficient (Wildman–Crippen LogP) is 3.88. The quantitative estimate of drug-likeness (QED) is 0.841. The Bertz CT molecular complexity index is 354. The van der Waals surface area contributed by atoms with E-state index < -0.39 is 0 Å². The van der Waals surface area contributed by atoms with Gasteiger partial charge in [-0.1, -0.05) is 35.0 Å². The van der Waals surface area contributed by atoms with E-state index in [1.165, 1.54) is 11.1 Å². The van der Waals surface area contributed by atoms with E-state index in [9.17, 15) is 4.39 Å². The summed E-state index contributed by atoms with van der Waals surface area (Å²) in [6.45, 7) is 6.67. The number of benzene rings is 1. The van der Waals surface area contributed by atoms with E-state index in [-0.39, 0.29) is 12.6 Å². The molecule has 0 heterocycles. The summed E-state index contributed by atoms with van der Waals surface area (Å²) in [5, 5.41) is 3.37. The molecule has 1 aromatic rings. The van der Waals surface area contributed by atoms with Gasteiger partial charge in [-0.05, 0) is 43.4 Å². The zero-order chi connectivity index (χ0) is 12.8. The molecule has 0 spiro atoms. The molecule has 0 amide bonds. The molecule has 0 radical (unpaired) electrons. The minimum absolute atomic E-state index is 0.0982. The number of halogens is 2. The third kappa shape index (κ3) is 4.76. The van der Waals surface area contributed by atoms with E-state index in [1.54, 1.807) is 0 Å². The van der Waals surface area contributed by atoms with Gasteiger partial charge in [0.05, 0.1) is 6.67 Å². The van der Waals surface area contributed by atoms with Crippen LogP contribution < -0.4 is 5.32 Å². The summed E-state index contributed by atoms with van der Waals surface area (Å²) < 4.78 is 13.5. The number of hydrogen-bond acceptors (Lipinski definition) is 1. The van der Waals surface area contributed by atoms with Gasteiger partial charge in [-0.2, -0.15) is 0 Å². The number of alkyl halides is 1. The van der Waals surface area contributed by atoms with E-state index >= 15 is 0 Å². The van der Waals surface area contributed by atoms with Crippen LogP contribution >= 0.6 is 15.9 Å². The monoisotopic (exact) mass is 301 g/mol. The summed E-state index contributed by atoms with van der Waals surface area (Å²) >= 11 is 3.54. The van der Waals surface area contributed by atoms with Gasteiger partial charge in [0.15, 0.2) is 0 Å². The lowest BCUT2D eigenvalue weighted by Crippen LogP contribution is -2.32. The summed E-state index contributed by atoms with van der Waals surface area (Å²) in [7, 11) is 0. The van der Waals surface area contributed by atoms with Crippen molar-refractivity contribution in [2.75, 3.05) is 13.2 Å². The Morgan fingerprint density at radius 1 is 1.35 bits per heavy atom. The first-order valence-electron chi connectivity index (χ1n) is 6.08. The maximum Gasteiger partial charge on any atom is 0.0932 e. The van der Waals surface area contributed by atoms with Crippen molar-refractivity contribution in [3.8, 4) is 0 Å². The Kier molecular flexibility index (Phi) is 6.14. The van der Waals surface area contributed by atoms with E-state index in [0.717, 1.165) is 17.4 Å². The van der Waals surface area contributed by atoms with Gasteiger partial charge in [0.1, 0.15) is 0 Å². The summed E-state index contributed by atoms with van der Waals surface area (Å²) in [5.41, 5.74) is 2.63. The molecule has 1 N–H and O–H groups in total. The molecule has 3 heteroatoms. The smallest absolute Gasteiger partial charge is 0.0932 e. The highest BCUT2D eigenvalue weighted by Crippen LogP contribution is 2.20. The third-order valence-electron chi connectivity index (χ3n) is 2.98. The Labute approximate surface area is 112 Å². The summed E-state index contributed by atoms with van der Waals surface area (Å²) in [4.78, 5) is 0. The van der Waals surface area contributed by atoms with Crippen molar-refractivity contribution in [2.45, 2.75) is 33.2 Å². The minimum atomic E-state index is -0.254. The summed E-state index contributed by atoms with van der Waals surface area (Å²) in [5.74, 6) is 0.0982. The van der Waals surface area contributed by atoms with Crippen molar-refractivity contribution >= 4 is 15.9 Å². The van der Waals surface area contributed by atoms with Gasteiger partial charge < -0.3 is 5.32 Å². The van der Waals surface area contributed by atoms with Gasteiger partial charge in [0.2, 0.25) is 0 Å². The van der Waals surface area contributed by atoms with E-state index in [1.807, 2.05) is 6.92 Å². The molecular weight excluding hydrogens is 281 g/mol. The van der Waals surface area contributed by atoms with Crippen LogP contribution in [0.3, 0.4) is 0 Å². The van der Waals surface area contributed by atoms with Gasteiger partial charge in [-0.25, -0.2) is 0 Å². The second-order valence-corrected chi connectivity index (χ2v) is 5.65. The van der Waals surface area contributed by atoms with Crippen molar-refractivity contribution in [1.82, 2.24) is 5.32 Å². The molecule has 2 atom stereocenters. The molecule has 0 bridgehead atoms. The Morgan fingerprint density at radius 2 is 2.06 bits per heavy atom. The lowest BCUT2D eigenvalue weighted by molar-refractivity contribution is 0.355. The average Bonchev–Trinajstić information content (AvgIpc) is 2.32. The molecule has 0 aliphatic carbocycles. The van der Waals surface area contributed by atoms with Crippen LogP contribution in [0.2, 0.25) is 0 Å². The van der Waals surface area contributed by atoms with Gasteiger partial charge in [0, 0.05) is 17.1 Å². The maximum atomic E-state index is 12.3. The lowest BCUT2D eigenvalue weighted by Gasteiger charge is -2.17. The zero-order valence-corrected chi connectivity index (χ0v) is 12.3. The topological polar surface area (TPSA) is 12.0 Å². The van der Waals surface area contributed by atoms with Gasteiger partial charge in [0.25, 0.3) is 0 Å². The van der Waals surface area contributed by atoms with E-state index in [4.69, 9.17) is 0 Å². The van der Waals surface area contributed by atoms with Crippen LogP contribution in [0.5, 0.6) is 0 Å². The molecule has 0 aliphatic rings. The standard InChI is InChI=1S/C14H21BrFN/c1-10(8-16)9-17-11(2)7-13-5-4-6-14(15)12(13)3/h4-6,10-11,17H,7-9H2,1-3H3/t10-,11-/m1/s1. The van der Waals surface area contributed by atoms with Crippen LogP contribution in [0.25, 0.3) is 0 Å². The molecule has 1 aromatic carbocycles. The Hall–Kier alpha value is -0.410. The number of nitrogens with one attached hydrogen (secondary N) is 1. The fraction of sp³-hybridized carbons (Fsp3) is 0.571. The van der Waals surface area contributed by atoms with Gasteiger partial charge >= 0.3 is 0 Å². The number of hydrogen-bond donors (Lipinski definition) is 1. The normalized spacial score (nSPS) is 14.6. The summed E-state index contributed by atoms with van der Waals surface area (Å²) in [6, 6.07) is 6.64. The molecular formula is C14H21BrFN. The second-order valence-electron chi connectivity index (χ2n) is 4.80. The first-order chi connectivity index (χ1) is 8.04. The van der Waals surface area contributed by atoms with Gasteiger partial charge in [-0.15, -0.1) is 0 Å². The van der Waals surface area contributed by atoms with Crippen LogP contribution in [-0.4, -0.2) is 19.3 Å². The van der Waals surface area contributed by atoms with Crippen LogP contribution in [-0.2, 0) is 6.42 Å². The fourth-order valence-corrected chi connectivity index (χ4v) is 2.14. The minimum Gasteiger partial charge on any atom is -0.314 e. The Morgan fingerprint density at radius 3 is 2.71 bits per heavy atom. The largest absolute Gasteiger partial charge is 0.314 e. The van der Waals surface area contributed by atoms with Crippen molar-refractivity contribution in [2.24, 2.45) is 5.92 Å².